The van der Waals surface area contributed by atoms with Gasteiger partial charge in [-0.15, -0.1) is 0 Å². The Morgan fingerprint density at radius 2 is 1.88 bits per heavy atom. The first-order chi connectivity index (χ1) is 11.9. The molecule has 1 unspecified atom stereocenters. The lowest BCUT2D eigenvalue weighted by atomic mass is 9.67. The van der Waals surface area contributed by atoms with Gasteiger partial charge in [-0.05, 0) is 42.9 Å². The second-order valence-electron chi connectivity index (χ2n) is 7.67. The van der Waals surface area contributed by atoms with E-state index in [2.05, 4.69) is 19.2 Å². The second-order valence-corrected chi connectivity index (χ2v) is 7.67. The Bertz CT molecular complexity index is 662. The molecule has 1 N–H and O–H groups in total. The zero-order valence-electron chi connectivity index (χ0n) is 14.9. The van der Waals surface area contributed by atoms with E-state index in [0.717, 1.165) is 19.3 Å². The summed E-state index contributed by atoms with van der Waals surface area (Å²) in [6.07, 6.45) is 2.88. The molecular formula is C19H26FN3O2. The quantitative estimate of drug-likeness (QED) is 0.894. The van der Waals surface area contributed by atoms with Gasteiger partial charge in [0.1, 0.15) is 5.82 Å². The SMILES string of the molecule is CC1(C)CCC1NC(=O)N1CCCN(C(=O)c2cccc(F)c2)CC1. The number of hydrogen-bond donors (Lipinski definition) is 1. The molecule has 0 aromatic heterocycles. The summed E-state index contributed by atoms with van der Waals surface area (Å²) in [7, 11) is 0. The van der Waals surface area contributed by atoms with E-state index in [0.29, 0.717) is 31.7 Å². The maximum atomic E-state index is 13.3. The number of benzene rings is 1. The molecule has 0 spiro atoms. The average Bonchev–Trinajstić information content (AvgIpc) is 2.84. The van der Waals surface area contributed by atoms with Crippen LogP contribution < -0.4 is 5.32 Å². The summed E-state index contributed by atoms with van der Waals surface area (Å²) in [6.45, 7) is 6.52. The second kappa shape index (κ2) is 7.02. The van der Waals surface area contributed by atoms with Crippen molar-refractivity contribution in [3.63, 3.8) is 0 Å². The van der Waals surface area contributed by atoms with Gasteiger partial charge in [-0.1, -0.05) is 19.9 Å². The van der Waals surface area contributed by atoms with E-state index in [1.807, 2.05) is 0 Å². The number of rotatable bonds is 2. The van der Waals surface area contributed by atoms with Crippen molar-refractivity contribution in [2.24, 2.45) is 5.41 Å². The molecule has 0 radical (unpaired) electrons. The van der Waals surface area contributed by atoms with Gasteiger partial charge in [0.2, 0.25) is 0 Å². The molecule has 25 heavy (non-hydrogen) atoms. The molecule has 3 amide bonds. The van der Waals surface area contributed by atoms with E-state index in [9.17, 15) is 14.0 Å². The van der Waals surface area contributed by atoms with Crippen LogP contribution in [0.4, 0.5) is 9.18 Å². The Morgan fingerprint density at radius 1 is 1.16 bits per heavy atom. The van der Waals surface area contributed by atoms with Crippen molar-refractivity contribution in [3.05, 3.63) is 35.6 Å². The first-order valence-electron chi connectivity index (χ1n) is 8.97. The predicted molar refractivity (Wildman–Crippen MR) is 93.8 cm³/mol. The summed E-state index contributed by atoms with van der Waals surface area (Å²) in [5.74, 6) is -0.591. The Kier molecular flexibility index (Phi) is 4.97. The van der Waals surface area contributed by atoms with Crippen LogP contribution >= 0.6 is 0 Å². The third kappa shape index (κ3) is 3.94. The molecule has 1 aliphatic heterocycles. The van der Waals surface area contributed by atoms with Gasteiger partial charge in [0.05, 0.1) is 0 Å². The van der Waals surface area contributed by atoms with Crippen LogP contribution in [0, 0.1) is 11.2 Å². The van der Waals surface area contributed by atoms with Crippen molar-refractivity contribution in [2.45, 2.75) is 39.2 Å². The minimum atomic E-state index is -0.412. The zero-order valence-corrected chi connectivity index (χ0v) is 14.9. The fourth-order valence-electron chi connectivity index (χ4n) is 3.50. The summed E-state index contributed by atoms with van der Waals surface area (Å²) >= 11 is 0. The highest BCUT2D eigenvalue weighted by Crippen LogP contribution is 2.39. The summed E-state index contributed by atoms with van der Waals surface area (Å²) in [5, 5.41) is 3.12. The number of carbonyl (C=O) groups excluding carboxylic acids is 2. The molecule has 1 aromatic carbocycles. The topological polar surface area (TPSA) is 52.7 Å². The molecule has 2 aliphatic rings. The highest BCUT2D eigenvalue weighted by atomic mass is 19.1. The lowest BCUT2D eigenvalue weighted by Gasteiger charge is -2.45. The van der Waals surface area contributed by atoms with Gasteiger partial charge in [-0.25, -0.2) is 9.18 Å². The number of amides is 3. The Hall–Kier alpha value is -2.11. The number of halogens is 1. The fourth-order valence-corrected chi connectivity index (χ4v) is 3.50. The van der Waals surface area contributed by atoms with Crippen LogP contribution in [0.25, 0.3) is 0 Å². The van der Waals surface area contributed by atoms with Gasteiger partial charge in [-0.2, -0.15) is 0 Å². The average molecular weight is 347 g/mol. The molecule has 3 rings (SSSR count). The number of urea groups is 1. The molecule has 1 aromatic rings. The molecule has 6 heteroatoms. The van der Waals surface area contributed by atoms with E-state index in [1.54, 1.807) is 21.9 Å². The Morgan fingerprint density at radius 3 is 2.52 bits per heavy atom. The van der Waals surface area contributed by atoms with Crippen molar-refractivity contribution in [3.8, 4) is 0 Å². The molecule has 1 aliphatic carbocycles. The minimum absolute atomic E-state index is 0.0437. The van der Waals surface area contributed by atoms with Crippen LogP contribution in [-0.4, -0.2) is 54.0 Å². The summed E-state index contributed by atoms with van der Waals surface area (Å²) in [4.78, 5) is 28.5. The van der Waals surface area contributed by atoms with Gasteiger partial charge >= 0.3 is 6.03 Å². The zero-order chi connectivity index (χ0) is 18.0. The minimum Gasteiger partial charge on any atom is -0.337 e. The third-order valence-electron chi connectivity index (χ3n) is 5.46. The van der Waals surface area contributed by atoms with E-state index in [4.69, 9.17) is 0 Å². The maximum absolute atomic E-state index is 13.3. The van der Waals surface area contributed by atoms with Crippen molar-refractivity contribution in [1.82, 2.24) is 15.1 Å². The predicted octanol–water partition coefficient (Wildman–Crippen LogP) is 2.87. The summed E-state index contributed by atoms with van der Waals surface area (Å²) in [6, 6.07) is 5.94. The monoisotopic (exact) mass is 347 g/mol. The molecule has 5 nitrogen and oxygen atoms in total. The van der Waals surface area contributed by atoms with Gasteiger partial charge in [0, 0.05) is 37.8 Å². The van der Waals surface area contributed by atoms with Crippen LogP contribution in [0.2, 0.25) is 0 Å². The highest BCUT2D eigenvalue weighted by molar-refractivity contribution is 5.94. The fraction of sp³-hybridized carbons (Fsp3) is 0.579. The standard InChI is InChI=1S/C19H26FN3O2/c1-19(2)8-7-16(19)21-18(25)23-10-4-9-22(11-12-23)17(24)14-5-3-6-15(20)13-14/h3,5-6,13,16H,4,7-12H2,1-2H3,(H,21,25). The van der Waals surface area contributed by atoms with Gasteiger partial charge in [0.15, 0.2) is 0 Å². The normalized spacial score (nSPS) is 22.8. The molecular weight excluding hydrogens is 321 g/mol. The smallest absolute Gasteiger partial charge is 0.317 e. The first-order valence-corrected chi connectivity index (χ1v) is 8.97. The maximum Gasteiger partial charge on any atom is 0.317 e. The summed E-state index contributed by atoms with van der Waals surface area (Å²) in [5.41, 5.74) is 0.523. The van der Waals surface area contributed by atoms with Gasteiger partial charge in [0.25, 0.3) is 5.91 Å². The molecule has 2 fully saturated rings. The highest BCUT2D eigenvalue weighted by Gasteiger charge is 2.40. The lowest BCUT2D eigenvalue weighted by molar-refractivity contribution is 0.0760. The van der Waals surface area contributed by atoms with Crippen LogP contribution in [0.3, 0.4) is 0 Å². The first kappa shape index (κ1) is 17.7. The Labute approximate surface area is 148 Å². The van der Waals surface area contributed by atoms with Crippen molar-refractivity contribution >= 4 is 11.9 Å². The lowest BCUT2D eigenvalue weighted by Crippen LogP contribution is -2.55. The van der Waals surface area contributed by atoms with Crippen molar-refractivity contribution in [1.29, 1.82) is 0 Å². The molecule has 1 saturated carbocycles. The largest absolute Gasteiger partial charge is 0.337 e. The third-order valence-corrected chi connectivity index (χ3v) is 5.46. The number of hydrogen-bond acceptors (Lipinski definition) is 2. The van der Waals surface area contributed by atoms with Crippen LogP contribution in [0.5, 0.6) is 0 Å². The van der Waals surface area contributed by atoms with Crippen LogP contribution in [0.15, 0.2) is 24.3 Å². The molecule has 1 heterocycles. The number of nitrogens with zero attached hydrogens (tertiary/aromatic N) is 2. The van der Waals surface area contributed by atoms with Crippen molar-refractivity contribution in [2.75, 3.05) is 26.2 Å². The molecule has 136 valence electrons. The molecule has 1 atom stereocenters. The number of nitrogens with one attached hydrogen (secondary N) is 1. The van der Waals surface area contributed by atoms with Gasteiger partial charge in [-0.3, -0.25) is 4.79 Å². The Balaban J connectivity index is 1.57. The molecule has 0 bridgehead atoms. The van der Waals surface area contributed by atoms with E-state index in [-0.39, 0.29) is 23.4 Å². The summed E-state index contributed by atoms with van der Waals surface area (Å²) < 4.78 is 13.3. The van der Waals surface area contributed by atoms with Crippen LogP contribution in [-0.2, 0) is 0 Å². The van der Waals surface area contributed by atoms with Crippen molar-refractivity contribution < 1.29 is 14.0 Å². The van der Waals surface area contributed by atoms with Gasteiger partial charge < -0.3 is 15.1 Å². The van der Waals surface area contributed by atoms with Crippen LogP contribution in [0.1, 0.15) is 43.5 Å². The molecule has 1 saturated heterocycles. The van der Waals surface area contributed by atoms with E-state index < -0.39 is 5.82 Å². The van der Waals surface area contributed by atoms with E-state index >= 15 is 0 Å². The number of carbonyl (C=O) groups is 2. The van der Waals surface area contributed by atoms with E-state index in [1.165, 1.54) is 12.1 Å².